The number of carboxylic acids is 1. The Morgan fingerprint density at radius 2 is 1.83 bits per heavy atom. The van der Waals surface area contributed by atoms with E-state index in [1.54, 1.807) is 4.90 Å². The maximum Gasteiger partial charge on any atom is 0.306 e. The van der Waals surface area contributed by atoms with Crippen molar-refractivity contribution in [2.24, 2.45) is 11.8 Å². The fourth-order valence-corrected chi connectivity index (χ4v) is 3.23. The average molecular weight is 408 g/mol. The van der Waals surface area contributed by atoms with Gasteiger partial charge in [0.1, 0.15) is 11.5 Å². The van der Waals surface area contributed by atoms with Gasteiger partial charge in [0, 0.05) is 19.5 Å². The highest BCUT2D eigenvalue weighted by Crippen LogP contribution is 2.36. The quantitative estimate of drug-likeness (QED) is 0.599. The zero-order valence-corrected chi connectivity index (χ0v) is 17.2. The Hall–Kier alpha value is -3.33. The Balaban J connectivity index is 0.000000269. The lowest BCUT2D eigenvalue weighted by Gasteiger charge is -2.31. The zero-order chi connectivity index (χ0) is 21.8. The van der Waals surface area contributed by atoms with Crippen molar-refractivity contribution in [1.29, 1.82) is 5.26 Å². The summed E-state index contributed by atoms with van der Waals surface area (Å²) < 4.78 is 5.73. The Morgan fingerprint density at radius 3 is 2.33 bits per heavy atom. The van der Waals surface area contributed by atoms with Crippen LogP contribution in [0.1, 0.15) is 38.2 Å². The molecule has 1 aliphatic carbocycles. The molecule has 3 rings (SSSR count). The molecule has 1 amide bonds. The topological polar surface area (TPSA) is 90.6 Å². The van der Waals surface area contributed by atoms with Gasteiger partial charge >= 0.3 is 5.97 Å². The minimum atomic E-state index is -0.744. The number of carbonyl (C=O) groups excluding carboxylic acids is 1. The molecule has 2 unspecified atom stereocenters. The number of hydrogen-bond acceptors (Lipinski definition) is 4. The molecular weight excluding hydrogens is 380 g/mol. The van der Waals surface area contributed by atoms with Gasteiger partial charge in [0.25, 0.3) is 0 Å². The van der Waals surface area contributed by atoms with E-state index in [1.807, 2.05) is 60.7 Å². The maximum atomic E-state index is 10.9. The lowest BCUT2D eigenvalue weighted by atomic mass is 9.72. The van der Waals surface area contributed by atoms with Crippen molar-refractivity contribution in [2.75, 3.05) is 6.54 Å². The first-order valence-electron chi connectivity index (χ1n) is 10.2. The molecule has 0 heterocycles. The monoisotopic (exact) mass is 408 g/mol. The molecule has 1 fully saturated rings. The van der Waals surface area contributed by atoms with Crippen LogP contribution in [0.15, 0.2) is 54.6 Å². The summed E-state index contributed by atoms with van der Waals surface area (Å²) in [5.74, 6) is 0.766. The lowest BCUT2D eigenvalue weighted by molar-refractivity contribution is -0.147. The molecule has 2 aromatic rings. The summed E-state index contributed by atoms with van der Waals surface area (Å²) in [7, 11) is 0. The van der Waals surface area contributed by atoms with Crippen molar-refractivity contribution in [3.05, 3.63) is 60.2 Å². The predicted molar refractivity (Wildman–Crippen MR) is 114 cm³/mol. The van der Waals surface area contributed by atoms with E-state index in [2.05, 4.69) is 6.92 Å². The van der Waals surface area contributed by atoms with Crippen LogP contribution in [0.25, 0.3) is 0 Å². The first-order valence-corrected chi connectivity index (χ1v) is 10.2. The SMILES string of the molecule is CCCN(C=O)Cc1ccc(Oc2ccccc2)cc1.N#CCC1CCC1C(=O)O. The molecule has 0 aromatic heterocycles. The second-order valence-corrected chi connectivity index (χ2v) is 7.28. The van der Waals surface area contributed by atoms with Crippen molar-refractivity contribution in [3.8, 4) is 17.6 Å². The maximum absolute atomic E-state index is 10.9. The first kappa shape index (κ1) is 23.0. The summed E-state index contributed by atoms with van der Waals surface area (Å²) in [5.41, 5.74) is 1.10. The van der Waals surface area contributed by atoms with Crippen molar-refractivity contribution in [1.82, 2.24) is 4.90 Å². The third kappa shape index (κ3) is 7.25. The van der Waals surface area contributed by atoms with Gasteiger partial charge in [-0.05, 0) is 55.0 Å². The van der Waals surface area contributed by atoms with Gasteiger partial charge in [0.05, 0.1) is 12.0 Å². The largest absolute Gasteiger partial charge is 0.481 e. The number of benzene rings is 2. The molecule has 2 aromatic carbocycles. The summed E-state index contributed by atoms with van der Waals surface area (Å²) >= 11 is 0. The van der Waals surface area contributed by atoms with Crippen LogP contribution in [0.2, 0.25) is 0 Å². The van der Waals surface area contributed by atoms with E-state index >= 15 is 0 Å². The molecule has 6 nitrogen and oxygen atoms in total. The van der Waals surface area contributed by atoms with Crippen molar-refractivity contribution in [3.63, 3.8) is 0 Å². The molecule has 158 valence electrons. The van der Waals surface area contributed by atoms with Crippen molar-refractivity contribution < 1.29 is 19.4 Å². The molecular formula is C24H28N2O4. The van der Waals surface area contributed by atoms with Crippen LogP contribution >= 0.6 is 0 Å². The van der Waals surface area contributed by atoms with Crippen LogP contribution in [0, 0.1) is 23.2 Å². The molecule has 0 bridgehead atoms. The van der Waals surface area contributed by atoms with E-state index in [1.165, 1.54) is 0 Å². The molecule has 30 heavy (non-hydrogen) atoms. The Morgan fingerprint density at radius 1 is 1.17 bits per heavy atom. The van der Waals surface area contributed by atoms with Crippen LogP contribution in [-0.4, -0.2) is 28.9 Å². The molecule has 1 saturated carbocycles. The number of nitrogens with zero attached hydrogens (tertiary/aromatic N) is 2. The minimum absolute atomic E-state index is 0.127. The van der Waals surface area contributed by atoms with Gasteiger partial charge in [-0.3, -0.25) is 9.59 Å². The van der Waals surface area contributed by atoms with Gasteiger partial charge < -0.3 is 14.7 Å². The van der Waals surface area contributed by atoms with E-state index in [-0.39, 0.29) is 11.8 Å². The molecule has 0 aliphatic heterocycles. The Labute approximate surface area is 177 Å². The first-order chi connectivity index (χ1) is 14.6. The summed E-state index contributed by atoms with van der Waals surface area (Å²) in [5, 5.41) is 16.8. The molecule has 0 saturated heterocycles. The van der Waals surface area contributed by atoms with Crippen molar-refractivity contribution >= 4 is 12.4 Å². The Kier molecular flexibility index (Phi) is 9.39. The van der Waals surface area contributed by atoms with Gasteiger partial charge in [-0.25, -0.2) is 0 Å². The van der Waals surface area contributed by atoms with Crippen molar-refractivity contribution in [2.45, 2.75) is 39.2 Å². The van der Waals surface area contributed by atoms with E-state index < -0.39 is 5.97 Å². The molecule has 0 spiro atoms. The van der Waals surface area contributed by atoms with E-state index in [0.717, 1.165) is 49.3 Å². The van der Waals surface area contributed by atoms with Gasteiger partial charge in [-0.1, -0.05) is 37.3 Å². The number of carboxylic acid groups (broad SMARTS) is 1. The van der Waals surface area contributed by atoms with Gasteiger partial charge in [-0.15, -0.1) is 0 Å². The second kappa shape index (κ2) is 12.3. The van der Waals surface area contributed by atoms with Gasteiger partial charge in [0.2, 0.25) is 6.41 Å². The number of hydrogen-bond donors (Lipinski definition) is 1. The number of aliphatic carboxylic acids is 1. The lowest BCUT2D eigenvalue weighted by Crippen LogP contribution is -2.32. The summed E-state index contributed by atoms with van der Waals surface area (Å²) in [6.07, 6.45) is 3.93. The minimum Gasteiger partial charge on any atom is -0.481 e. The second-order valence-electron chi connectivity index (χ2n) is 7.28. The standard InChI is InChI=1S/C17H19NO2.C7H9NO2/c1-2-12-18(14-19)13-15-8-10-17(11-9-15)20-16-6-4-3-5-7-16;8-4-3-5-1-2-6(5)7(9)10/h3-11,14H,2,12-13H2,1H3;5-6H,1-3H2,(H,9,10). The normalized spacial score (nSPS) is 16.8. The van der Waals surface area contributed by atoms with E-state index in [9.17, 15) is 9.59 Å². The molecule has 0 radical (unpaired) electrons. The van der Waals surface area contributed by atoms with Crippen LogP contribution < -0.4 is 4.74 Å². The highest BCUT2D eigenvalue weighted by atomic mass is 16.5. The number of rotatable bonds is 9. The number of nitriles is 1. The molecule has 2 atom stereocenters. The van der Waals surface area contributed by atoms with E-state index in [0.29, 0.717) is 13.0 Å². The van der Waals surface area contributed by atoms with Gasteiger partial charge in [-0.2, -0.15) is 5.26 Å². The fraction of sp³-hybridized carbons (Fsp3) is 0.375. The number of ether oxygens (including phenoxy) is 1. The average Bonchev–Trinajstić information content (AvgIpc) is 2.73. The van der Waals surface area contributed by atoms with Crippen LogP contribution in [0.4, 0.5) is 0 Å². The highest BCUT2D eigenvalue weighted by Gasteiger charge is 2.35. The third-order valence-electron chi connectivity index (χ3n) is 5.04. The summed E-state index contributed by atoms with van der Waals surface area (Å²) in [6.45, 7) is 3.49. The number of carbonyl (C=O) groups is 2. The fourth-order valence-electron chi connectivity index (χ4n) is 3.23. The van der Waals surface area contributed by atoms with Crippen LogP contribution in [0.3, 0.4) is 0 Å². The summed E-state index contributed by atoms with van der Waals surface area (Å²) in [4.78, 5) is 23.0. The molecule has 1 aliphatic rings. The highest BCUT2D eigenvalue weighted by molar-refractivity contribution is 5.71. The van der Waals surface area contributed by atoms with Crippen LogP contribution in [0.5, 0.6) is 11.5 Å². The predicted octanol–water partition coefficient (Wildman–Crippen LogP) is 4.86. The van der Waals surface area contributed by atoms with E-state index in [4.69, 9.17) is 15.1 Å². The Bertz CT molecular complexity index is 831. The molecule has 6 heteroatoms. The number of para-hydroxylation sites is 1. The third-order valence-corrected chi connectivity index (χ3v) is 5.04. The van der Waals surface area contributed by atoms with Crippen LogP contribution in [-0.2, 0) is 16.1 Å². The molecule has 1 N–H and O–H groups in total. The summed E-state index contributed by atoms with van der Waals surface area (Å²) in [6, 6.07) is 19.5. The smallest absolute Gasteiger partial charge is 0.306 e. The van der Waals surface area contributed by atoms with Gasteiger partial charge in [0.15, 0.2) is 0 Å². The number of amides is 1. The zero-order valence-electron chi connectivity index (χ0n) is 17.2.